The van der Waals surface area contributed by atoms with E-state index >= 15 is 0 Å². The summed E-state index contributed by atoms with van der Waals surface area (Å²) in [5.41, 5.74) is 0. The number of hydrogen-bond donors (Lipinski definition) is 1. The van der Waals surface area contributed by atoms with Crippen molar-refractivity contribution < 1.29 is 4.74 Å². The first-order valence-electron chi connectivity index (χ1n) is 5.66. The molecule has 0 aliphatic rings. The molecular formula is C13H15N3O. The SMILES string of the molecule is CCCNc1cc(Oc2cccnc2)ccn1. The van der Waals surface area contributed by atoms with Crippen molar-refractivity contribution >= 4 is 5.82 Å². The minimum atomic E-state index is 0.722. The Bertz CT molecular complexity index is 459. The van der Waals surface area contributed by atoms with Crippen LogP contribution in [0.25, 0.3) is 0 Å². The van der Waals surface area contributed by atoms with Crippen LogP contribution in [-0.2, 0) is 0 Å². The van der Waals surface area contributed by atoms with Gasteiger partial charge in [0.2, 0.25) is 0 Å². The molecule has 1 N–H and O–H groups in total. The summed E-state index contributed by atoms with van der Waals surface area (Å²) in [7, 11) is 0. The molecule has 0 spiro atoms. The molecule has 0 bridgehead atoms. The van der Waals surface area contributed by atoms with E-state index in [1.807, 2.05) is 24.3 Å². The zero-order valence-electron chi connectivity index (χ0n) is 9.76. The highest BCUT2D eigenvalue weighted by atomic mass is 16.5. The van der Waals surface area contributed by atoms with Gasteiger partial charge in [-0.25, -0.2) is 4.98 Å². The van der Waals surface area contributed by atoms with E-state index < -0.39 is 0 Å². The van der Waals surface area contributed by atoms with Crippen LogP contribution in [0.2, 0.25) is 0 Å². The minimum Gasteiger partial charge on any atom is -0.456 e. The number of anilines is 1. The first-order valence-corrected chi connectivity index (χ1v) is 5.66. The number of aromatic nitrogens is 2. The molecule has 0 radical (unpaired) electrons. The van der Waals surface area contributed by atoms with Gasteiger partial charge in [-0.1, -0.05) is 6.92 Å². The average Bonchev–Trinajstić information content (AvgIpc) is 2.38. The van der Waals surface area contributed by atoms with E-state index in [2.05, 4.69) is 22.2 Å². The van der Waals surface area contributed by atoms with Crippen molar-refractivity contribution in [3.05, 3.63) is 42.9 Å². The first-order chi connectivity index (χ1) is 8.38. The van der Waals surface area contributed by atoms with Crippen molar-refractivity contribution in [3.8, 4) is 11.5 Å². The molecular weight excluding hydrogens is 214 g/mol. The van der Waals surface area contributed by atoms with Crippen LogP contribution in [0.4, 0.5) is 5.82 Å². The summed E-state index contributed by atoms with van der Waals surface area (Å²) < 4.78 is 5.66. The standard InChI is InChI=1S/C13H15N3O/c1-2-6-15-13-9-11(5-8-16-13)17-12-4-3-7-14-10-12/h3-5,7-10H,2,6H2,1H3,(H,15,16). The Kier molecular flexibility index (Phi) is 3.91. The van der Waals surface area contributed by atoms with Gasteiger partial charge in [-0.3, -0.25) is 4.98 Å². The predicted octanol–water partition coefficient (Wildman–Crippen LogP) is 3.09. The number of hydrogen-bond acceptors (Lipinski definition) is 4. The summed E-state index contributed by atoms with van der Waals surface area (Å²) in [4.78, 5) is 8.21. The fraction of sp³-hybridized carbons (Fsp3) is 0.231. The second-order valence-corrected chi connectivity index (χ2v) is 3.59. The van der Waals surface area contributed by atoms with Gasteiger partial charge in [-0.2, -0.15) is 0 Å². The molecule has 0 unspecified atom stereocenters. The van der Waals surface area contributed by atoms with Gasteiger partial charge in [-0.15, -0.1) is 0 Å². The van der Waals surface area contributed by atoms with Gasteiger partial charge in [0.25, 0.3) is 0 Å². The molecule has 4 nitrogen and oxygen atoms in total. The molecule has 0 atom stereocenters. The molecule has 88 valence electrons. The average molecular weight is 229 g/mol. The van der Waals surface area contributed by atoms with E-state index in [0.29, 0.717) is 0 Å². The van der Waals surface area contributed by atoms with Crippen molar-refractivity contribution in [1.82, 2.24) is 9.97 Å². The van der Waals surface area contributed by atoms with Gasteiger partial charge < -0.3 is 10.1 Å². The topological polar surface area (TPSA) is 47.0 Å². The number of rotatable bonds is 5. The molecule has 0 saturated carbocycles. The molecule has 0 amide bonds. The highest BCUT2D eigenvalue weighted by molar-refractivity contribution is 5.42. The molecule has 2 rings (SSSR count). The Labute approximate surface area is 101 Å². The zero-order valence-corrected chi connectivity index (χ0v) is 9.76. The van der Waals surface area contributed by atoms with Crippen molar-refractivity contribution in [2.45, 2.75) is 13.3 Å². The van der Waals surface area contributed by atoms with Crippen LogP contribution in [0.3, 0.4) is 0 Å². The van der Waals surface area contributed by atoms with Crippen molar-refractivity contribution in [3.63, 3.8) is 0 Å². The predicted molar refractivity (Wildman–Crippen MR) is 67.3 cm³/mol. The maximum atomic E-state index is 5.66. The van der Waals surface area contributed by atoms with Gasteiger partial charge in [-0.05, 0) is 24.6 Å². The largest absolute Gasteiger partial charge is 0.456 e. The summed E-state index contributed by atoms with van der Waals surface area (Å²) in [5.74, 6) is 2.31. The van der Waals surface area contributed by atoms with E-state index in [-0.39, 0.29) is 0 Å². The van der Waals surface area contributed by atoms with Gasteiger partial charge in [0.05, 0.1) is 6.20 Å². The maximum Gasteiger partial charge on any atom is 0.145 e. The Morgan fingerprint density at radius 1 is 1.24 bits per heavy atom. The van der Waals surface area contributed by atoms with Gasteiger partial charge >= 0.3 is 0 Å². The molecule has 0 fully saturated rings. The van der Waals surface area contributed by atoms with E-state index in [0.717, 1.165) is 30.3 Å². The van der Waals surface area contributed by atoms with Gasteiger partial charge in [0, 0.05) is 25.0 Å². The molecule has 0 saturated heterocycles. The number of ether oxygens (including phenoxy) is 1. The number of nitrogens with one attached hydrogen (secondary N) is 1. The number of nitrogens with zero attached hydrogens (tertiary/aromatic N) is 2. The van der Waals surface area contributed by atoms with Crippen LogP contribution in [0.1, 0.15) is 13.3 Å². The van der Waals surface area contributed by atoms with Crippen LogP contribution in [0, 0.1) is 0 Å². The third-order valence-corrected chi connectivity index (χ3v) is 2.16. The molecule has 0 aliphatic heterocycles. The Morgan fingerprint density at radius 3 is 2.94 bits per heavy atom. The second kappa shape index (κ2) is 5.84. The lowest BCUT2D eigenvalue weighted by Crippen LogP contribution is -2.01. The lowest BCUT2D eigenvalue weighted by atomic mass is 10.4. The lowest BCUT2D eigenvalue weighted by molar-refractivity contribution is 0.480. The quantitative estimate of drug-likeness (QED) is 0.855. The normalized spacial score (nSPS) is 9.94. The maximum absolute atomic E-state index is 5.66. The minimum absolute atomic E-state index is 0.722. The van der Waals surface area contributed by atoms with Crippen LogP contribution in [0.15, 0.2) is 42.9 Å². The van der Waals surface area contributed by atoms with Crippen LogP contribution >= 0.6 is 0 Å². The summed E-state index contributed by atoms with van der Waals surface area (Å²) in [6, 6.07) is 7.41. The summed E-state index contributed by atoms with van der Waals surface area (Å²) in [6.07, 6.45) is 6.19. The monoisotopic (exact) mass is 229 g/mol. The molecule has 17 heavy (non-hydrogen) atoms. The second-order valence-electron chi connectivity index (χ2n) is 3.59. The lowest BCUT2D eigenvalue weighted by Gasteiger charge is -2.07. The van der Waals surface area contributed by atoms with Crippen molar-refractivity contribution in [2.75, 3.05) is 11.9 Å². The van der Waals surface area contributed by atoms with Crippen molar-refractivity contribution in [2.24, 2.45) is 0 Å². The molecule has 0 aliphatic carbocycles. The smallest absolute Gasteiger partial charge is 0.145 e. The molecule has 4 heteroatoms. The van der Waals surface area contributed by atoms with E-state index in [9.17, 15) is 0 Å². The Morgan fingerprint density at radius 2 is 2.18 bits per heavy atom. The van der Waals surface area contributed by atoms with E-state index in [1.54, 1.807) is 18.6 Å². The summed E-state index contributed by atoms with van der Waals surface area (Å²) in [5, 5.41) is 3.21. The van der Waals surface area contributed by atoms with E-state index in [4.69, 9.17) is 4.74 Å². The summed E-state index contributed by atoms with van der Waals surface area (Å²) in [6.45, 7) is 3.02. The fourth-order valence-electron chi connectivity index (χ4n) is 1.37. The number of pyridine rings is 2. The molecule has 2 aromatic rings. The third-order valence-electron chi connectivity index (χ3n) is 2.16. The molecule has 0 aromatic carbocycles. The highest BCUT2D eigenvalue weighted by Crippen LogP contribution is 2.21. The van der Waals surface area contributed by atoms with E-state index in [1.165, 1.54) is 0 Å². The first kappa shape index (κ1) is 11.4. The Hall–Kier alpha value is -2.10. The van der Waals surface area contributed by atoms with Crippen LogP contribution in [0.5, 0.6) is 11.5 Å². The third kappa shape index (κ3) is 3.45. The van der Waals surface area contributed by atoms with Gasteiger partial charge in [0.15, 0.2) is 0 Å². The van der Waals surface area contributed by atoms with Crippen LogP contribution < -0.4 is 10.1 Å². The Balaban J connectivity index is 2.06. The zero-order chi connectivity index (χ0) is 11.9. The molecule has 2 heterocycles. The highest BCUT2D eigenvalue weighted by Gasteiger charge is 1.99. The summed E-state index contributed by atoms with van der Waals surface area (Å²) >= 11 is 0. The van der Waals surface area contributed by atoms with Crippen LogP contribution in [-0.4, -0.2) is 16.5 Å². The molecule has 2 aromatic heterocycles. The fourth-order valence-corrected chi connectivity index (χ4v) is 1.37. The van der Waals surface area contributed by atoms with Gasteiger partial charge in [0.1, 0.15) is 17.3 Å². The van der Waals surface area contributed by atoms with Crippen molar-refractivity contribution in [1.29, 1.82) is 0 Å².